The molecule has 2 aliphatic rings. The topological polar surface area (TPSA) is 96.7 Å². The van der Waals surface area contributed by atoms with Crippen LogP contribution in [0.1, 0.15) is 51.6 Å². The highest BCUT2D eigenvalue weighted by Gasteiger charge is 2.47. The Morgan fingerprint density at radius 1 is 1.18 bits per heavy atom. The first kappa shape index (κ1) is 25.9. The van der Waals surface area contributed by atoms with Crippen LogP contribution < -0.4 is 10.2 Å². The van der Waals surface area contributed by atoms with E-state index in [1.807, 2.05) is 0 Å². The molecule has 0 unspecified atom stereocenters. The third-order valence-electron chi connectivity index (χ3n) is 6.83. The number of rotatable bonds is 6. The second kappa shape index (κ2) is 9.84. The molecule has 2 N–H and O–H groups in total. The fourth-order valence-corrected chi connectivity index (χ4v) is 4.93. The molecule has 2 amide bonds. The molecule has 0 spiro atoms. The Morgan fingerprint density at radius 2 is 1.89 bits per heavy atom. The number of aliphatic hydroxyl groups is 1. The van der Waals surface area contributed by atoms with Crippen molar-refractivity contribution in [2.24, 2.45) is 0 Å². The Hall–Kier alpha value is -3.77. The summed E-state index contributed by atoms with van der Waals surface area (Å²) in [6, 6.07) is 7.81. The quantitative estimate of drug-likeness (QED) is 0.475. The van der Waals surface area contributed by atoms with Gasteiger partial charge in [-0.25, -0.2) is 9.07 Å². The van der Waals surface area contributed by atoms with Crippen molar-refractivity contribution in [1.29, 1.82) is 0 Å². The lowest BCUT2D eigenvalue weighted by molar-refractivity contribution is -0.137. The van der Waals surface area contributed by atoms with Crippen LogP contribution in [0, 0.1) is 5.82 Å². The molecule has 1 fully saturated rings. The molecule has 0 radical (unpaired) electrons. The van der Waals surface area contributed by atoms with E-state index in [2.05, 4.69) is 10.4 Å². The second-order valence-corrected chi connectivity index (χ2v) is 9.12. The number of nitrogens with one attached hydrogen (secondary N) is 1. The first-order chi connectivity index (χ1) is 18.1. The van der Waals surface area contributed by atoms with Crippen molar-refractivity contribution < 1.29 is 37.0 Å². The maximum atomic E-state index is 13.9. The zero-order chi connectivity index (χ0) is 27.2. The van der Waals surface area contributed by atoms with Crippen molar-refractivity contribution >= 4 is 17.6 Å². The summed E-state index contributed by atoms with van der Waals surface area (Å²) in [6.07, 6.45) is -4.66. The summed E-state index contributed by atoms with van der Waals surface area (Å²) in [4.78, 5) is 28.5. The molecule has 0 aliphatic carbocycles. The van der Waals surface area contributed by atoms with Crippen molar-refractivity contribution in [2.75, 3.05) is 24.7 Å². The number of anilines is 1. The lowest BCUT2D eigenvalue weighted by Crippen LogP contribution is -2.56. The molecule has 0 saturated carbocycles. The highest BCUT2D eigenvalue weighted by molar-refractivity contribution is 6.05. The predicted molar refractivity (Wildman–Crippen MR) is 127 cm³/mol. The number of fused-ring (bicyclic) bond motifs is 1. The number of hydrogen-bond acceptors (Lipinski definition) is 5. The van der Waals surface area contributed by atoms with Crippen molar-refractivity contribution in [3.8, 4) is 0 Å². The van der Waals surface area contributed by atoms with Gasteiger partial charge in [0.25, 0.3) is 11.8 Å². The van der Waals surface area contributed by atoms with E-state index in [1.165, 1.54) is 35.2 Å². The number of aromatic nitrogens is 2. The van der Waals surface area contributed by atoms with Gasteiger partial charge in [0.1, 0.15) is 23.7 Å². The largest absolute Gasteiger partial charge is 0.416 e. The first-order valence-corrected chi connectivity index (χ1v) is 12.0. The van der Waals surface area contributed by atoms with Gasteiger partial charge < -0.3 is 15.2 Å². The van der Waals surface area contributed by atoms with Gasteiger partial charge in [-0.15, -0.1) is 0 Å². The fourth-order valence-electron chi connectivity index (χ4n) is 4.93. The maximum Gasteiger partial charge on any atom is 0.416 e. The number of aliphatic hydroxyl groups excluding tert-OH is 1. The molecule has 38 heavy (non-hydrogen) atoms. The minimum atomic E-state index is -4.66. The van der Waals surface area contributed by atoms with Crippen LogP contribution in [0.3, 0.4) is 0 Å². The van der Waals surface area contributed by atoms with Gasteiger partial charge in [-0.1, -0.05) is 18.2 Å². The third kappa shape index (κ3) is 4.43. The highest BCUT2D eigenvalue weighted by Crippen LogP contribution is 2.44. The molecule has 1 saturated heterocycles. The SMILES string of the molecule is CCN1C(=O)[C@H](NC(=O)c2cccc(C(F)(F)F)c2)[C@H](c2ccc(F)cc2)c2c(CO)nn(C3COC3)c21. The number of alkyl halides is 3. The average molecular weight is 532 g/mol. The van der Waals surface area contributed by atoms with Crippen LogP contribution in [0.5, 0.6) is 0 Å². The number of benzene rings is 2. The van der Waals surface area contributed by atoms with Crippen LogP contribution >= 0.6 is 0 Å². The van der Waals surface area contributed by atoms with Crippen LogP contribution in [0.4, 0.5) is 23.4 Å². The number of hydrogen-bond donors (Lipinski definition) is 2. The molecular formula is C26H24F4N4O4. The van der Waals surface area contributed by atoms with E-state index in [0.717, 1.165) is 12.1 Å². The number of amides is 2. The maximum absolute atomic E-state index is 13.9. The fraction of sp³-hybridized carbons (Fsp3) is 0.346. The molecule has 12 heteroatoms. The van der Waals surface area contributed by atoms with Gasteiger partial charge in [-0.05, 0) is 42.8 Å². The molecule has 3 aromatic rings. The Labute approximate surface area is 214 Å². The minimum absolute atomic E-state index is 0.170. The van der Waals surface area contributed by atoms with E-state index >= 15 is 0 Å². The van der Waals surface area contributed by atoms with E-state index < -0.39 is 47.9 Å². The minimum Gasteiger partial charge on any atom is -0.390 e. The molecule has 3 heterocycles. The predicted octanol–water partition coefficient (Wildman–Crippen LogP) is 3.40. The third-order valence-corrected chi connectivity index (χ3v) is 6.83. The van der Waals surface area contributed by atoms with Crippen molar-refractivity contribution in [2.45, 2.75) is 37.7 Å². The molecule has 0 bridgehead atoms. The smallest absolute Gasteiger partial charge is 0.390 e. The number of halogens is 4. The Kier molecular flexibility index (Phi) is 6.70. The molecule has 2 atom stereocenters. The monoisotopic (exact) mass is 532 g/mol. The van der Waals surface area contributed by atoms with E-state index in [9.17, 15) is 32.3 Å². The lowest BCUT2D eigenvalue weighted by atomic mass is 9.81. The Balaban J connectivity index is 1.63. The Bertz CT molecular complexity index is 1370. The summed E-state index contributed by atoms with van der Waals surface area (Å²) in [5, 5.41) is 17.4. The summed E-state index contributed by atoms with van der Waals surface area (Å²) < 4.78 is 60.5. The summed E-state index contributed by atoms with van der Waals surface area (Å²) in [5.74, 6) is -2.37. The van der Waals surface area contributed by atoms with Gasteiger partial charge in [0.05, 0.1) is 31.1 Å². The number of ether oxygens (including phenoxy) is 1. The van der Waals surface area contributed by atoms with Crippen molar-refractivity contribution in [3.63, 3.8) is 0 Å². The molecule has 2 aromatic carbocycles. The molecule has 1 aromatic heterocycles. The van der Waals surface area contributed by atoms with Gasteiger partial charge in [0.2, 0.25) is 0 Å². The average Bonchev–Trinajstić information content (AvgIpc) is 3.22. The van der Waals surface area contributed by atoms with Gasteiger partial charge in [0.15, 0.2) is 0 Å². The Morgan fingerprint density at radius 3 is 2.47 bits per heavy atom. The summed E-state index contributed by atoms with van der Waals surface area (Å²) in [5.41, 5.74) is -0.0687. The van der Waals surface area contributed by atoms with E-state index in [0.29, 0.717) is 36.2 Å². The molecule has 5 rings (SSSR count). The van der Waals surface area contributed by atoms with Crippen molar-refractivity contribution in [3.05, 3.63) is 82.3 Å². The number of carbonyl (C=O) groups is 2. The van der Waals surface area contributed by atoms with Gasteiger partial charge >= 0.3 is 6.18 Å². The number of carbonyl (C=O) groups excluding carboxylic acids is 2. The summed E-state index contributed by atoms with van der Waals surface area (Å²) >= 11 is 0. The lowest BCUT2D eigenvalue weighted by Gasteiger charge is -2.40. The summed E-state index contributed by atoms with van der Waals surface area (Å²) in [7, 11) is 0. The molecule has 2 aliphatic heterocycles. The van der Waals surface area contributed by atoms with Crippen LogP contribution in [-0.2, 0) is 22.3 Å². The summed E-state index contributed by atoms with van der Waals surface area (Å²) in [6.45, 7) is 2.19. The van der Waals surface area contributed by atoms with Crippen LogP contribution in [0.25, 0.3) is 0 Å². The van der Waals surface area contributed by atoms with Crippen molar-refractivity contribution in [1.82, 2.24) is 15.1 Å². The van der Waals surface area contributed by atoms with E-state index in [4.69, 9.17) is 4.74 Å². The standard InChI is InChI=1S/C26H24F4N4O4/c1-2-33-24-21(19(11-35)32-34(24)18-12-38-13-18)20(14-6-8-17(27)9-7-14)22(25(33)37)31-23(36)15-4-3-5-16(10-15)26(28,29)30/h3-10,18,20,22,35H,2,11-13H2,1H3,(H,31,36)/t20-,22-/m1/s1. The first-order valence-electron chi connectivity index (χ1n) is 12.0. The van der Waals surface area contributed by atoms with E-state index in [1.54, 1.807) is 11.6 Å². The van der Waals surface area contributed by atoms with E-state index in [-0.39, 0.29) is 23.8 Å². The van der Waals surface area contributed by atoms with Gasteiger partial charge in [-0.3, -0.25) is 14.5 Å². The molecule has 8 nitrogen and oxygen atoms in total. The molecule has 200 valence electrons. The van der Waals surface area contributed by atoms with Crippen LogP contribution in [-0.4, -0.2) is 52.5 Å². The highest BCUT2D eigenvalue weighted by atomic mass is 19.4. The van der Waals surface area contributed by atoms with Gasteiger partial charge in [0, 0.05) is 23.6 Å². The van der Waals surface area contributed by atoms with Crippen LogP contribution in [0.15, 0.2) is 48.5 Å². The van der Waals surface area contributed by atoms with Crippen LogP contribution in [0.2, 0.25) is 0 Å². The zero-order valence-electron chi connectivity index (χ0n) is 20.2. The zero-order valence-corrected chi connectivity index (χ0v) is 20.2. The normalized spacial score (nSPS) is 19.7. The number of nitrogens with zero attached hydrogens (tertiary/aromatic N) is 3. The second-order valence-electron chi connectivity index (χ2n) is 9.12. The van der Waals surface area contributed by atoms with Gasteiger partial charge in [-0.2, -0.15) is 18.3 Å². The molecular weight excluding hydrogens is 508 g/mol. The number of likely N-dealkylation sites (N-methyl/N-ethyl adjacent to an activating group) is 1.